The van der Waals surface area contributed by atoms with Gasteiger partial charge in [0.1, 0.15) is 0 Å². The highest BCUT2D eigenvalue weighted by Gasteiger charge is 2.23. The van der Waals surface area contributed by atoms with Gasteiger partial charge in [0.2, 0.25) is 0 Å². The van der Waals surface area contributed by atoms with Crippen molar-refractivity contribution in [1.82, 2.24) is 4.98 Å². The predicted octanol–water partition coefficient (Wildman–Crippen LogP) is 2.57. The van der Waals surface area contributed by atoms with E-state index in [0.29, 0.717) is 6.42 Å². The lowest BCUT2D eigenvalue weighted by Gasteiger charge is -2.16. The van der Waals surface area contributed by atoms with Crippen molar-refractivity contribution < 1.29 is 0 Å². The average molecular weight is 223 g/mol. The van der Waals surface area contributed by atoms with Crippen LogP contribution < -0.4 is 4.90 Å². The SMILES string of the molecule is CN(C)c1nc(C(C)(C)C)c(CC#N)s1. The number of aromatic nitrogens is 1. The number of hydrogen-bond donors (Lipinski definition) is 0. The third-order valence-electron chi connectivity index (χ3n) is 2.02. The van der Waals surface area contributed by atoms with Crippen molar-refractivity contribution in [3.8, 4) is 6.07 Å². The Labute approximate surface area is 95.4 Å². The van der Waals surface area contributed by atoms with E-state index in [1.165, 1.54) is 0 Å². The molecular formula is C11H17N3S. The molecule has 0 N–H and O–H groups in total. The molecule has 0 saturated carbocycles. The Morgan fingerprint density at radius 2 is 2.00 bits per heavy atom. The van der Waals surface area contributed by atoms with Gasteiger partial charge in [0.05, 0.1) is 18.2 Å². The van der Waals surface area contributed by atoms with Crippen molar-refractivity contribution in [3.05, 3.63) is 10.6 Å². The first-order chi connectivity index (χ1) is 6.86. The molecule has 1 heterocycles. The van der Waals surface area contributed by atoms with Crippen LogP contribution in [0.25, 0.3) is 0 Å². The van der Waals surface area contributed by atoms with Crippen LogP contribution in [0.5, 0.6) is 0 Å². The van der Waals surface area contributed by atoms with Crippen molar-refractivity contribution in [2.45, 2.75) is 32.6 Å². The second kappa shape index (κ2) is 4.19. The molecule has 1 rings (SSSR count). The molecule has 1 aromatic rings. The van der Waals surface area contributed by atoms with Gasteiger partial charge >= 0.3 is 0 Å². The van der Waals surface area contributed by atoms with Crippen LogP contribution in [0.1, 0.15) is 31.3 Å². The van der Waals surface area contributed by atoms with Crippen LogP contribution in [0.3, 0.4) is 0 Å². The Bertz CT molecular complexity index is 380. The summed E-state index contributed by atoms with van der Waals surface area (Å²) in [6.45, 7) is 6.38. The number of anilines is 1. The second-order valence-electron chi connectivity index (χ2n) is 4.75. The zero-order chi connectivity index (χ0) is 11.6. The van der Waals surface area contributed by atoms with E-state index >= 15 is 0 Å². The first-order valence-electron chi connectivity index (χ1n) is 4.90. The summed E-state index contributed by atoms with van der Waals surface area (Å²) in [5.74, 6) is 0. The van der Waals surface area contributed by atoms with E-state index in [0.717, 1.165) is 15.7 Å². The van der Waals surface area contributed by atoms with Gasteiger partial charge in [0.25, 0.3) is 0 Å². The number of thiazole rings is 1. The molecule has 15 heavy (non-hydrogen) atoms. The predicted molar refractivity (Wildman–Crippen MR) is 64.5 cm³/mol. The molecule has 0 aromatic carbocycles. The van der Waals surface area contributed by atoms with Crippen molar-refractivity contribution in [2.75, 3.05) is 19.0 Å². The Kier molecular flexibility index (Phi) is 3.35. The Balaban J connectivity index is 3.19. The number of nitriles is 1. The van der Waals surface area contributed by atoms with Gasteiger partial charge in [0.15, 0.2) is 5.13 Å². The zero-order valence-electron chi connectivity index (χ0n) is 9.96. The monoisotopic (exact) mass is 223 g/mol. The fourth-order valence-electron chi connectivity index (χ4n) is 1.31. The maximum absolute atomic E-state index is 8.77. The molecule has 3 nitrogen and oxygen atoms in total. The van der Waals surface area contributed by atoms with Crippen LogP contribution >= 0.6 is 11.3 Å². The van der Waals surface area contributed by atoms with Gasteiger partial charge in [-0.15, -0.1) is 11.3 Å². The van der Waals surface area contributed by atoms with Crippen LogP contribution in [0, 0.1) is 11.3 Å². The van der Waals surface area contributed by atoms with Crippen LogP contribution in [0.15, 0.2) is 0 Å². The van der Waals surface area contributed by atoms with Gasteiger partial charge in [-0.3, -0.25) is 0 Å². The molecule has 0 radical (unpaired) electrons. The molecule has 4 heteroatoms. The van der Waals surface area contributed by atoms with Gasteiger partial charge < -0.3 is 4.90 Å². The van der Waals surface area contributed by atoms with E-state index in [4.69, 9.17) is 5.26 Å². The fourth-order valence-corrected chi connectivity index (χ4v) is 2.43. The summed E-state index contributed by atoms with van der Waals surface area (Å²) in [5.41, 5.74) is 1.06. The third kappa shape index (κ3) is 2.69. The van der Waals surface area contributed by atoms with Gasteiger partial charge in [-0.25, -0.2) is 4.98 Å². The highest BCUT2D eigenvalue weighted by atomic mass is 32.1. The standard InChI is InChI=1S/C11H17N3S/c1-11(2,3)9-8(6-7-12)15-10(13-9)14(4)5/h6H2,1-5H3. The Morgan fingerprint density at radius 3 is 2.40 bits per heavy atom. The summed E-state index contributed by atoms with van der Waals surface area (Å²) in [7, 11) is 3.95. The van der Waals surface area contributed by atoms with Crippen molar-refractivity contribution in [2.24, 2.45) is 0 Å². The summed E-state index contributed by atoms with van der Waals surface area (Å²) in [6, 6.07) is 2.20. The summed E-state index contributed by atoms with van der Waals surface area (Å²) < 4.78 is 0. The van der Waals surface area contributed by atoms with E-state index in [1.54, 1.807) is 11.3 Å². The molecule has 0 fully saturated rings. The minimum atomic E-state index is 0.0109. The normalized spacial score (nSPS) is 11.2. The molecule has 82 valence electrons. The molecule has 0 spiro atoms. The topological polar surface area (TPSA) is 39.9 Å². The lowest BCUT2D eigenvalue weighted by atomic mass is 9.91. The van der Waals surface area contributed by atoms with E-state index < -0.39 is 0 Å². The minimum absolute atomic E-state index is 0.0109. The number of hydrogen-bond acceptors (Lipinski definition) is 4. The van der Waals surface area contributed by atoms with E-state index in [9.17, 15) is 0 Å². The highest BCUT2D eigenvalue weighted by molar-refractivity contribution is 7.15. The summed E-state index contributed by atoms with van der Waals surface area (Å²) in [6.07, 6.45) is 0.456. The molecule has 0 bridgehead atoms. The maximum atomic E-state index is 8.77. The molecule has 0 aliphatic rings. The van der Waals surface area contributed by atoms with Crippen LogP contribution in [-0.4, -0.2) is 19.1 Å². The molecule has 0 unspecified atom stereocenters. The molecular weight excluding hydrogens is 206 g/mol. The lowest BCUT2D eigenvalue weighted by molar-refractivity contribution is 0.568. The van der Waals surface area contributed by atoms with Gasteiger partial charge in [-0.2, -0.15) is 5.26 Å². The second-order valence-corrected chi connectivity index (χ2v) is 5.81. The quantitative estimate of drug-likeness (QED) is 0.773. The van der Waals surface area contributed by atoms with E-state index in [1.807, 2.05) is 19.0 Å². The maximum Gasteiger partial charge on any atom is 0.185 e. The fraction of sp³-hybridized carbons (Fsp3) is 0.636. The zero-order valence-corrected chi connectivity index (χ0v) is 10.8. The smallest absolute Gasteiger partial charge is 0.185 e. The highest BCUT2D eigenvalue weighted by Crippen LogP contribution is 2.33. The summed E-state index contributed by atoms with van der Waals surface area (Å²) in [5, 5.41) is 9.75. The largest absolute Gasteiger partial charge is 0.354 e. The minimum Gasteiger partial charge on any atom is -0.354 e. The summed E-state index contributed by atoms with van der Waals surface area (Å²) in [4.78, 5) is 7.67. The molecule has 0 aliphatic heterocycles. The number of rotatable bonds is 2. The molecule has 1 aromatic heterocycles. The summed E-state index contributed by atoms with van der Waals surface area (Å²) >= 11 is 1.61. The average Bonchev–Trinajstić information content (AvgIpc) is 2.48. The number of nitrogens with zero attached hydrogens (tertiary/aromatic N) is 3. The molecule has 0 aliphatic carbocycles. The van der Waals surface area contributed by atoms with Crippen LogP contribution in [0.2, 0.25) is 0 Å². The molecule has 0 atom stereocenters. The van der Waals surface area contributed by atoms with E-state index in [-0.39, 0.29) is 5.41 Å². The van der Waals surface area contributed by atoms with E-state index in [2.05, 4.69) is 31.8 Å². The first kappa shape index (κ1) is 12.0. The van der Waals surface area contributed by atoms with Gasteiger partial charge in [-0.1, -0.05) is 20.8 Å². The molecule has 0 saturated heterocycles. The first-order valence-corrected chi connectivity index (χ1v) is 5.72. The van der Waals surface area contributed by atoms with Gasteiger partial charge in [-0.05, 0) is 0 Å². The van der Waals surface area contributed by atoms with Crippen LogP contribution in [0.4, 0.5) is 5.13 Å². The van der Waals surface area contributed by atoms with Crippen molar-refractivity contribution in [3.63, 3.8) is 0 Å². The third-order valence-corrected chi connectivity index (χ3v) is 3.24. The van der Waals surface area contributed by atoms with Crippen molar-refractivity contribution >= 4 is 16.5 Å². The van der Waals surface area contributed by atoms with Gasteiger partial charge in [0, 0.05) is 24.4 Å². The van der Waals surface area contributed by atoms with Crippen LogP contribution in [-0.2, 0) is 11.8 Å². The Hall–Kier alpha value is -1.08. The lowest BCUT2D eigenvalue weighted by Crippen LogP contribution is -2.15. The Morgan fingerprint density at radius 1 is 1.40 bits per heavy atom. The van der Waals surface area contributed by atoms with Crippen molar-refractivity contribution in [1.29, 1.82) is 5.26 Å². The molecule has 0 amide bonds.